The number of aryl methyl sites for hydroxylation is 1. The number of nitrogens with one attached hydrogen (secondary N) is 1. The van der Waals surface area contributed by atoms with E-state index in [1.54, 1.807) is 19.4 Å². The lowest BCUT2D eigenvalue weighted by Crippen LogP contribution is -2.47. The van der Waals surface area contributed by atoms with Gasteiger partial charge in [0.2, 0.25) is 0 Å². The lowest BCUT2D eigenvalue weighted by atomic mass is 10.2. The molecular weight excluding hydrogens is 248 g/mol. The minimum absolute atomic E-state index is 0.361. The van der Waals surface area contributed by atoms with E-state index in [4.69, 9.17) is 5.11 Å². The van der Waals surface area contributed by atoms with E-state index in [1.807, 2.05) is 10.8 Å². The second-order valence-electron chi connectivity index (χ2n) is 4.26. The summed E-state index contributed by atoms with van der Waals surface area (Å²) < 4.78 is 1.92. The molecule has 1 aromatic rings. The van der Waals surface area contributed by atoms with Gasteiger partial charge in [0.25, 0.3) is 0 Å². The van der Waals surface area contributed by atoms with Gasteiger partial charge in [-0.2, -0.15) is 0 Å². The van der Waals surface area contributed by atoms with E-state index >= 15 is 0 Å². The van der Waals surface area contributed by atoms with Crippen LogP contribution in [0.4, 0.5) is 4.79 Å². The van der Waals surface area contributed by atoms with Crippen molar-refractivity contribution in [3.63, 3.8) is 0 Å². The van der Waals surface area contributed by atoms with Crippen molar-refractivity contribution in [1.82, 2.24) is 19.8 Å². The van der Waals surface area contributed by atoms with E-state index in [2.05, 4.69) is 10.3 Å². The molecule has 0 aliphatic carbocycles. The third-order valence-electron chi connectivity index (χ3n) is 2.89. The van der Waals surface area contributed by atoms with Crippen LogP contribution in [0.5, 0.6) is 0 Å². The molecule has 7 heteroatoms. The van der Waals surface area contributed by atoms with Crippen molar-refractivity contribution in [3.8, 4) is 0 Å². The number of nitrogens with zero attached hydrogens (tertiary/aromatic N) is 3. The maximum Gasteiger partial charge on any atom is 0.326 e. The number of aliphatic carboxylic acids is 1. The molecule has 1 rings (SSSR count). The molecule has 0 spiro atoms. The van der Waals surface area contributed by atoms with Crippen LogP contribution in [0, 0.1) is 0 Å². The summed E-state index contributed by atoms with van der Waals surface area (Å²) in [5, 5.41) is 11.7. The molecule has 1 unspecified atom stereocenters. The Morgan fingerprint density at radius 1 is 1.53 bits per heavy atom. The number of hydrogen-bond acceptors (Lipinski definition) is 3. The molecule has 1 atom stereocenters. The van der Waals surface area contributed by atoms with Crippen molar-refractivity contribution >= 4 is 12.0 Å². The second kappa shape index (κ2) is 7.40. The Bertz CT molecular complexity index is 405. The van der Waals surface area contributed by atoms with Gasteiger partial charge >= 0.3 is 12.0 Å². The van der Waals surface area contributed by atoms with Crippen LogP contribution >= 0.6 is 0 Å². The van der Waals surface area contributed by atoms with Crippen LogP contribution < -0.4 is 5.32 Å². The minimum atomic E-state index is -0.987. The number of amides is 2. The Morgan fingerprint density at radius 2 is 2.26 bits per heavy atom. The summed E-state index contributed by atoms with van der Waals surface area (Å²) in [6.07, 6.45) is 6.41. The first-order valence-electron chi connectivity index (χ1n) is 6.25. The third kappa shape index (κ3) is 4.61. The number of imidazole rings is 1. The van der Waals surface area contributed by atoms with Gasteiger partial charge in [-0.1, -0.05) is 6.92 Å². The maximum absolute atomic E-state index is 11.7. The van der Waals surface area contributed by atoms with Gasteiger partial charge in [0, 0.05) is 32.5 Å². The van der Waals surface area contributed by atoms with Crippen molar-refractivity contribution in [3.05, 3.63) is 18.7 Å². The zero-order chi connectivity index (χ0) is 14.3. The van der Waals surface area contributed by atoms with Crippen LogP contribution in [-0.2, 0) is 11.3 Å². The van der Waals surface area contributed by atoms with Gasteiger partial charge in [-0.15, -0.1) is 0 Å². The molecule has 2 N–H and O–H groups in total. The lowest BCUT2D eigenvalue weighted by Gasteiger charge is -2.24. The summed E-state index contributed by atoms with van der Waals surface area (Å²) in [6.45, 7) is 3.00. The van der Waals surface area contributed by atoms with Crippen LogP contribution in [0.25, 0.3) is 0 Å². The average Bonchev–Trinajstić information content (AvgIpc) is 2.87. The molecule has 106 valence electrons. The van der Waals surface area contributed by atoms with Crippen molar-refractivity contribution in [2.75, 3.05) is 13.6 Å². The molecule has 0 radical (unpaired) electrons. The Kier molecular flexibility index (Phi) is 5.84. The predicted octanol–water partition coefficient (Wildman–Crippen LogP) is 0.778. The molecule has 7 nitrogen and oxygen atoms in total. The first kappa shape index (κ1) is 15.0. The Hall–Kier alpha value is -2.05. The molecule has 2 amide bonds. The fourth-order valence-electron chi connectivity index (χ4n) is 1.76. The van der Waals surface area contributed by atoms with Crippen LogP contribution in [0.3, 0.4) is 0 Å². The molecule has 0 saturated heterocycles. The Morgan fingerprint density at radius 3 is 2.79 bits per heavy atom. The maximum atomic E-state index is 11.7. The first-order valence-corrected chi connectivity index (χ1v) is 6.25. The highest BCUT2D eigenvalue weighted by Crippen LogP contribution is 2.02. The van der Waals surface area contributed by atoms with Gasteiger partial charge in [0.1, 0.15) is 6.04 Å². The highest BCUT2D eigenvalue weighted by molar-refractivity contribution is 5.82. The fourth-order valence-corrected chi connectivity index (χ4v) is 1.76. The minimum Gasteiger partial charge on any atom is -0.480 e. The smallest absolute Gasteiger partial charge is 0.326 e. The van der Waals surface area contributed by atoms with E-state index in [-0.39, 0.29) is 6.03 Å². The highest BCUT2D eigenvalue weighted by Gasteiger charge is 2.24. The van der Waals surface area contributed by atoms with Crippen LogP contribution in [-0.4, -0.2) is 51.2 Å². The molecule has 0 fully saturated rings. The number of likely N-dealkylation sites (N-methyl/N-ethyl adjacent to an activating group) is 1. The number of urea groups is 1. The molecular formula is C12H20N4O3. The largest absolute Gasteiger partial charge is 0.480 e. The van der Waals surface area contributed by atoms with Gasteiger partial charge in [-0.3, -0.25) is 0 Å². The number of hydrogen-bond donors (Lipinski definition) is 2. The van der Waals surface area contributed by atoms with Crippen molar-refractivity contribution in [2.45, 2.75) is 32.4 Å². The zero-order valence-corrected chi connectivity index (χ0v) is 11.2. The summed E-state index contributed by atoms with van der Waals surface area (Å²) in [6, 6.07) is -1.14. The average molecular weight is 268 g/mol. The normalized spacial score (nSPS) is 11.9. The second-order valence-corrected chi connectivity index (χ2v) is 4.26. The summed E-state index contributed by atoms with van der Waals surface area (Å²) >= 11 is 0. The van der Waals surface area contributed by atoms with E-state index in [0.717, 1.165) is 13.0 Å². The standard InChI is InChI=1S/C12H20N4O3/c1-3-10(11(17)18)15(2)12(19)14-5-4-7-16-8-6-13-9-16/h6,8-10H,3-5,7H2,1-2H3,(H,14,19)(H,17,18). The van der Waals surface area contributed by atoms with E-state index in [1.165, 1.54) is 11.9 Å². The Labute approximate surface area is 112 Å². The number of aromatic nitrogens is 2. The number of carbonyl (C=O) groups is 2. The van der Waals surface area contributed by atoms with Crippen LogP contribution in [0.1, 0.15) is 19.8 Å². The zero-order valence-electron chi connectivity index (χ0n) is 11.2. The summed E-state index contributed by atoms with van der Waals surface area (Å²) in [7, 11) is 1.49. The van der Waals surface area contributed by atoms with Gasteiger partial charge in [0.15, 0.2) is 0 Å². The molecule has 0 saturated carbocycles. The summed E-state index contributed by atoms with van der Waals surface area (Å²) in [5.41, 5.74) is 0. The van der Waals surface area contributed by atoms with E-state index in [9.17, 15) is 9.59 Å². The molecule has 19 heavy (non-hydrogen) atoms. The molecule has 0 aromatic carbocycles. The summed E-state index contributed by atoms with van der Waals surface area (Å²) in [4.78, 5) is 27.8. The van der Waals surface area contributed by atoms with Crippen molar-refractivity contribution < 1.29 is 14.7 Å². The quantitative estimate of drug-likeness (QED) is 0.715. The molecule has 0 aliphatic heterocycles. The van der Waals surface area contributed by atoms with Gasteiger partial charge in [-0.05, 0) is 12.8 Å². The molecule has 0 bridgehead atoms. The monoisotopic (exact) mass is 268 g/mol. The number of carboxylic acids is 1. The SMILES string of the molecule is CCC(C(=O)O)N(C)C(=O)NCCCn1ccnc1. The Balaban J connectivity index is 2.28. The van der Waals surface area contributed by atoms with Gasteiger partial charge < -0.3 is 19.9 Å². The van der Waals surface area contributed by atoms with E-state index < -0.39 is 12.0 Å². The van der Waals surface area contributed by atoms with Crippen molar-refractivity contribution in [1.29, 1.82) is 0 Å². The van der Waals surface area contributed by atoms with Crippen LogP contribution in [0.2, 0.25) is 0 Å². The molecule has 0 aliphatic rings. The van der Waals surface area contributed by atoms with Gasteiger partial charge in [-0.25, -0.2) is 14.6 Å². The number of carbonyl (C=O) groups excluding carboxylic acids is 1. The van der Waals surface area contributed by atoms with Crippen molar-refractivity contribution in [2.24, 2.45) is 0 Å². The molecule has 1 heterocycles. The lowest BCUT2D eigenvalue weighted by molar-refractivity contribution is -0.141. The molecule has 1 aromatic heterocycles. The number of carboxylic acid groups (broad SMARTS) is 1. The first-order chi connectivity index (χ1) is 9.06. The highest BCUT2D eigenvalue weighted by atomic mass is 16.4. The topological polar surface area (TPSA) is 87.5 Å². The van der Waals surface area contributed by atoms with Crippen LogP contribution in [0.15, 0.2) is 18.7 Å². The summed E-state index contributed by atoms with van der Waals surface area (Å²) in [5.74, 6) is -0.987. The van der Waals surface area contributed by atoms with Gasteiger partial charge in [0.05, 0.1) is 6.33 Å². The fraction of sp³-hybridized carbons (Fsp3) is 0.583. The number of rotatable bonds is 7. The third-order valence-corrected chi connectivity index (χ3v) is 2.89. The predicted molar refractivity (Wildman–Crippen MR) is 69.7 cm³/mol. The van der Waals surface area contributed by atoms with E-state index in [0.29, 0.717) is 13.0 Å².